The molecule has 0 aliphatic carbocycles. The quantitative estimate of drug-likeness (QED) is 0.852. The van der Waals surface area contributed by atoms with Crippen molar-refractivity contribution in [3.05, 3.63) is 29.8 Å². The topological polar surface area (TPSA) is 54.5 Å². The summed E-state index contributed by atoms with van der Waals surface area (Å²) in [4.78, 5) is 13.9. The summed E-state index contributed by atoms with van der Waals surface area (Å²) in [5.74, 6) is 0.578. The van der Waals surface area contributed by atoms with Crippen molar-refractivity contribution < 1.29 is 13.2 Å². The summed E-state index contributed by atoms with van der Waals surface area (Å²) in [5, 5.41) is 0. The minimum absolute atomic E-state index is 0.0890. The van der Waals surface area contributed by atoms with E-state index in [4.69, 9.17) is 0 Å². The van der Waals surface area contributed by atoms with E-state index in [1.54, 1.807) is 0 Å². The number of anilines is 1. The van der Waals surface area contributed by atoms with Crippen LogP contribution in [0.4, 0.5) is 5.69 Å². The van der Waals surface area contributed by atoms with Crippen LogP contribution in [0.5, 0.6) is 0 Å². The Labute approximate surface area is 115 Å². The number of benzene rings is 1. The fourth-order valence-corrected chi connectivity index (χ4v) is 2.97. The molecule has 1 atom stereocenters. The molecule has 4 nitrogen and oxygen atoms in total. The van der Waals surface area contributed by atoms with Gasteiger partial charge in [0, 0.05) is 31.1 Å². The highest BCUT2D eigenvalue weighted by Gasteiger charge is 2.25. The first-order valence-electron chi connectivity index (χ1n) is 6.58. The Bertz CT molecular complexity index is 514. The fraction of sp³-hybridized carbons (Fsp3) is 0.500. The molecule has 1 saturated heterocycles. The Balaban J connectivity index is 2.07. The van der Waals surface area contributed by atoms with Gasteiger partial charge in [-0.05, 0) is 24.1 Å². The van der Waals surface area contributed by atoms with Gasteiger partial charge < -0.3 is 4.90 Å². The minimum atomic E-state index is -2.37. The van der Waals surface area contributed by atoms with Crippen LogP contribution in [0.2, 0.25) is 0 Å². The van der Waals surface area contributed by atoms with Crippen molar-refractivity contribution in [2.75, 3.05) is 18.0 Å². The van der Waals surface area contributed by atoms with Crippen molar-refractivity contribution in [1.29, 1.82) is 0 Å². The summed E-state index contributed by atoms with van der Waals surface area (Å²) in [6.07, 6.45) is 1.48. The van der Waals surface area contributed by atoms with E-state index in [1.165, 1.54) is 0 Å². The monoisotopic (exact) mass is 281 g/mol. The molecule has 5 heteroatoms. The van der Waals surface area contributed by atoms with Crippen LogP contribution in [-0.2, 0) is 21.3 Å². The predicted molar refractivity (Wildman–Crippen MR) is 76.1 cm³/mol. The molecule has 0 radical (unpaired) electrons. The molecule has 1 aromatic rings. The van der Waals surface area contributed by atoms with Crippen molar-refractivity contribution in [3.63, 3.8) is 0 Å². The van der Waals surface area contributed by atoms with Gasteiger partial charge in [-0.25, -0.2) is 8.42 Å². The number of Topliss-reactive ketones (excluding diaryl/α,β-unsaturated/α-hetero) is 1. The SMILES string of the molecule is CCC1CN(c2ccc(C[SH](=O)=O)cc2)CCC1=O. The zero-order valence-electron chi connectivity index (χ0n) is 11.0. The van der Waals surface area contributed by atoms with Crippen molar-refractivity contribution >= 4 is 22.2 Å². The van der Waals surface area contributed by atoms with E-state index in [1.807, 2.05) is 31.2 Å². The van der Waals surface area contributed by atoms with E-state index < -0.39 is 10.7 Å². The summed E-state index contributed by atoms with van der Waals surface area (Å²) in [6, 6.07) is 7.57. The van der Waals surface area contributed by atoms with Gasteiger partial charge in [0.25, 0.3) is 0 Å². The number of thiol groups is 1. The second-order valence-corrected chi connectivity index (χ2v) is 5.91. The van der Waals surface area contributed by atoms with E-state index in [-0.39, 0.29) is 11.7 Å². The largest absolute Gasteiger partial charge is 0.370 e. The Morgan fingerprint density at radius 3 is 2.53 bits per heavy atom. The lowest BCUT2D eigenvalue weighted by Crippen LogP contribution is -2.40. The molecule has 1 fully saturated rings. The van der Waals surface area contributed by atoms with Crippen molar-refractivity contribution in [1.82, 2.24) is 0 Å². The molecule has 104 valence electrons. The Hall–Kier alpha value is -1.36. The van der Waals surface area contributed by atoms with Crippen molar-refractivity contribution in [3.8, 4) is 0 Å². The maximum absolute atomic E-state index is 11.7. The highest BCUT2D eigenvalue weighted by molar-refractivity contribution is 7.71. The van der Waals surface area contributed by atoms with Gasteiger partial charge in [-0.3, -0.25) is 4.79 Å². The molecule has 0 spiro atoms. The highest BCUT2D eigenvalue weighted by atomic mass is 32.2. The van der Waals surface area contributed by atoms with E-state index >= 15 is 0 Å². The van der Waals surface area contributed by atoms with E-state index in [0.717, 1.165) is 30.8 Å². The first-order valence-corrected chi connectivity index (χ1v) is 7.95. The number of hydrogen-bond acceptors (Lipinski definition) is 4. The van der Waals surface area contributed by atoms with Crippen LogP contribution in [0, 0.1) is 5.92 Å². The first-order chi connectivity index (χ1) is 9.10. The van der Waals surface area contributed by atoms with Gasteiger partial charge >= 0.3 is 0 Å². The normalized spacial score (nSPS) is 20.0. The summed E-state index contributed by atoms with van der Waals surface area (Å²) in [6.45, 7) is 3.56. The molecule has 19 heavy (non-hydrogen) atoms. The summed E-state index contributed by atoms with van der Waals surface area (Å²) in [7, 11) is -2.37. The van der Waals surface area contributed by atoms with Gasteiger partial charge in [-0.1, -0.05) is 19.1 Å². The molecule has 1 aliphatic heterocycles. The van der Waals surface area contributed by atoms with Crippen LogP contribution < -0.4 is 4.90 Å². The van der Waals surface area contributed by atoms with Gasteiger partial charge in [-0.15, -0.1) is 0 Å². The molecule has 1 heterocycles. The van der Waals surface area contributed by atoms with Crippen LogP contribution in [0.3, 0.4) is 0 Å². The van der Waals surface area contributed by atoms with Gasteiger partial charge in [0.1, 0.15) is 16.5 Å². The molecular formula is C14H19NO3S. The molecule has 1 aliphatic rings. The number of rotatable bonds is 4. The highest BCUT2D eigenvalue weighted by Crippen LogP contribution is 2.23. The molecule has 0 amide bonds. The molecule has 1 unspecified atom stereocenters. The molecule has 0 N–H and O–H groups in total. The predicted octanol–water partition coefficient (Wildman–Crippen LogP) is 1.60. The Morgan fingerprint density at radius 2 is 1.95 bits per heavy atom. The lowest BCUT2D eigenvalue weighted by atomic mass is 9.94. The van der Waals surface area contributed by atoms with Crippen molar-refractivity contribution in [2.24, 2.45) is 5.92 Å². The number of piperidine rings is 1. The van der Waals surface area contributed by atoms with Gasteiger partial charge in [0.2, 0.25) is 0 Å². The number of hydrogen-bond donors (Lipinski definition) is 1. The fourth-order valence-electron chi connectivity index (χ4n) is 2.46. The third kappa shape index (κ3) is 3.56. The van der Waals surface area contributed by atoms with E-state index in [0.29, 0.717) is 12.2 Å². The maximum Gasteiger partial charge on any atom is 0.144 e. The molecule has 0 bridgehead atoms. The van der Waals surface area contributed by atoms with Gasteiger partial charge in [0.15, 0.2) is 0 Å². The first kappa shape index (κ1) is 14.1. The van der Waals surface area contributed by atoms with Crippen molar-refractivity contribution in [2.45, 2.75) is 25.5 Å². The number of ketones is 1. The summed E-state index contributed by atoms with van der Waals surface area (Å²) >= 11 is 0. The molecule has 2 rings (SSSR count). The third-order valence-electron chi connectivity index (χ3n) is 3.63. The number of carbonyl (C=O) groups is 1. The maximum atomic E-state index is 11.7. The molecule has 0 aromatic heterocycles. The molecule has 1 aromatic carbocycles. The Morgan fingerprint density at radius 1 is 1.26 bits per heavy atom. The van der Waals surface area contributed by atoms with Crippen LogP contribution in [-0.4, -0.2) is 27.3 Å². The average molecular weight is 281 g/mol. The second kappa shape index (κ2) is 6.19. The van der Waals surface area contributed by atoms with Crippen LogP contribution in [0.15, 0.2) is 24.3 Å². The minimum Gasteiger partial charge on any atom is -0.370 e. The average Bonchev–Trinajstić information content (AvgIpc) is 2.40. The van der Waals surface area contributed by atoms with Gasteiger partial charge in [-0.2, -0.15) is 0 Å². The standard InChI is InChI=1S/C14H19NO3S/c1-2-12-9-15(8-7-14(12)16)13-5-3-11(4-6-13)10-19(17)18/h3-6,12,19H,2,7-10H2,1H3. The van der Waals surface area contributed by atoms with Crippen LogP contribution >= 0.6 is 0 Å². The molecule has 0 saturated carbocycles. The zero-order chi connectivity index (χ0) is 13.8. The van der Waals surface area contributed by atoms with Crippen LogP contribution in [0.1, 0.15) is 25.3 Å². The second-order valence-electron chi connectivity index (χ2n) is 4.92. The smallest absolute Gasteiger partial charge is 0.144 e. The number of carbonyl (C=O) groups excluding carboxylic acids is 1. The summed E-state index contributed by atoms with van der Waals surface area (Å²) in [5.41, 5.74) is 1.87. The number of nitrogens with zero attached hydrogens (tertiary/aromatic N) is 1. The lowest BCUT2D eigenvalue weighted by Gasteiger charge is -2.33. The van der Waals surface area contributed by atoms with E-state index in [2.05, 4.69) is 4.90 Å². The zero-order valence-corrected chi connectivity index (χ0v) is 11.9. The Kier molecular flexibility index (Phi) is 4.58. The molecular weight excluding hydrogens is 262 g/mol. The van der Waals surface area contributed by atoms with E-state index in [9.17, 15) is 13.2 Å². The lowest BCUT2D eigenvalue weighted by molar-refractivity contribution is -0.123. The van der Waals surface area contributed by atoms with Crippen LogP contribution in [0.25, 0.3) is 0 Å². The third-order valence-corrected chi connectivity index (χ3v) is 4.25. The summed E-state index contributed by atoms with van der Waals surface area (Å²) < 4.78 is 21.3. The van der Waals surface area contributed by atoms with Gasteiger partial charge in [0.05, 0.1) is 5.75 Å².